The van der Waals surface area contributed by atoms with Gasteiger partial charge in [0, 0.05) is 23.0 Å². The third kappa shape index (κ3) is 8.16. The number of carboxylic acids is 1. The Morgan fingerprint density at radius 3 is 2.14 bits per heavy atom. The molecule has 11 heteroatoms. The monoisotopic (exact) mass is 637 g/mol. The first-order chi connectivity index (χ1) is 21.1. The maximum atomic E-state index is 14.4. The number of rotatable bonds is 12. The number of nitriles is 1. The van der Waals surface area contributed by atoms with Crippen molar-refractivity contribution in [1.29, 1.82) is 5.26 Å². The van der Waals surface area contributed by atoms with Gasteiger partial charge in [-0.1, -0.05) is 72.9 Å². The zero-order valence-electron chi connectivity index (χ0n) is 24.0. The number of carboxylic acid groups (broad SMARTS) is 1. The number of ether oxygens (including phenoxy) is 1. The maximum absolute atomic E-state index is 14.4. The van der Waals surface area contributed by atoms with Crippen molar-refractivity contribution >= 4 is 41.0 Å². The SMILES string of the molecule is CCC[C@H](C(=O)NC[C@H](O)CC(=O)O)N1C(=O)[C@H](Cc2ccc(C#N)cc2)O[C@@H](c2ccc(Cl)cc2)[C@H]1c1ccc(Cl)cc1. The number of benzene rings is 3. The minimum atomic E-state index is -1.29. The maximum Gasteiger partial charge on any atom is 0.306 e. The van der Waals surface area contributed by atoms with Crippen molar-refractivity contribution < 1.29 is 29.3 Å². The molecule has 1 saturated heterocycles. The Bertz CT molecular complexity index is 1490. The number of amides is 2. The number of aliphatic carboxylic acids is 1. The van der Waals surface area contributed by atoms with Gasteiger partial charge in [0.25, 0.3) is 5.91 Å². The van der Waals surface area contributed by atoms with E-state index in [0.29, 0.717) is 34.0 Å². The van der Waals surface area contributed by atoms with Gasteiger partial charge >= 0.3 is 5.97 Å². The van der Waals surface area contributed by atoms with Gasteiger partial charge in [-0.15, -0.1) is 0 Å². The normalized spacial score (nSPS) is 19.6. The molecule has 1 fully saturated rings. The Morgan fingerprint density at radius 2 is 1.59 bits per heavy atom. The van der Waals surface area contributed by atoms with E-state index in [4.69, 9.17) is 33.0 Å². The van der Waals surface area contributed by atoms with Gasteiger partial charge in [0.2, 0.25) is 5.91 Å². The predicted molar refractivity (Wildman–Crippen MR) is 165 cm³/mol. The van der Waals surface area contributed by atoms with Crippen LogP contribution in [0.25, 0.3) is 0 Å². The van der Waals surface area contributed by atoms with Gasteiger partial charge in [-0.3, -0.25) is 14.4 Å². The average Bonchev–Trinajstić information content (AvgIpc) is 3.00. The number of morpholine rings is 1. The molecule has 5 atom stereocenters. The molecule has 0 bridgehead atoms. The predicted octanol–water partition coefficient (Wildman–Crippen LogP) is 5.24. The molecule has 0 aromatic heterocycles. The van der Waals surface area contributed by atoms with E-state index in [1.165, 1.54) is 0 Å². The van der Waals surface area contributed by atoms with E-state index in [2.05, 4.69) is 11.4 Å². The topological polar surface area (TPSA) is 140 Å². The van der Waals surface area contributed by atoms with Crippen molar-refractivity contribution in [3.63, 3.8) is 0 Å². The van der Waals surface area contributed by atoms with Gasteiger partial charge < -0.3 is 25.2 Å². The molecule has 0 unspecified atom stereocenters. The van der Waals surface area contributed by atoms with Crippen molar-refractivity contribution in [2.75, 3.05) is 6.54 Å². The molecule has 3 aromatic rings. The molecular formula is C33H33Cl2N3O6. The molecule has 0 radical (unpaired) electrons. The van der Waals surface area contributed by atoms with E-state index in [1.54, 1.807) is 65.6 Å². The van der Waals surface area contributed by atoms with E-state index < -0.39 is 54.6 Å². The minimum absolute atomic E-state index is 0.191. The second-order valence-corrected chi connectivity index (χ2v) is 11.5. The van der Waals surface area contributed by atoms with Crippen LogP contribution in [0.1, 0.15) is 60.6 Å². The van der Waals surface area contributed by atoms with Crippen LogP contribution >= 0.6 is 23.2 Å². The highest BCUT2D eigenvalue weighted by molar-refractivity contribution is 6.30. The third-order valence-electron chi connectivity index (χ3n) is 7.46. The Balaban J connectivity index is 1.80. The smallest absolute Gasteiger partial charge is 0.306 e. The lowest BCUT2D eigenvalue weighted by molar-refractivity contribution is -0.181. The summed E-state index contributed by atoms with van der Waals surface area (Å²) in [6.45, 7) is 1.61. The number of aliphatic hydroxyl groups excluding tert-OH is 1. The summed E-state index contributed by atoms with van der Waals surface area (Å²) in [5.41, 5.74) is 2.69. The largest absolute Gasteiger partial charge is 0.481 e. The highest BCUT2D eigenvalue weighted by Gasteiger charge is 2.48. The zero-order chi connectivity index (χ0) is 31.8. The van der Waals surface area contributed by atoms with Gasteiger partial charge in [-0.25, -0.2) is 0 Å². The number of hydrogen-bond donors (Lipinski definition) is 3. The lowest BCUT2D eigenvalue weighted by Gasteiger charge is -2.47. The number of nitrogens with one attached hydrogen (secondary N) is 1. The lowest BCUT2D eigenvalue weighted by atomic mass is 9.88. The van der Waals surface area contributed by atoms with E-state index in [-0.39, 0.29) is 13.0 Å². The quantitative estimate of drug-likeness (QED) is 0.247. The van der Waals surface area contributed by atoms with Crippen molar-refractivity contribution in [2.45, 2.75) is 63.0 Å². The van der Waals surface area contributed by atoms with Crippen LogP contribution in [-0.2, 0) is 25.5 Å². The highest BCUT2D eigenvalue weighted by atomic mass is 35.5. The molecule has 4 rings (SSSR count). The molecule has 2 amide bonds. The van der Waals surface area contributed by atoms with Crippen molar-refractivity contribution in [2.24, 2.45) is 0 Å². The third-order valence-corrected chi connectivity index (χ3v) is 7.97. The minimum Gasteiger partial charge on any atom is -0.481 e. The molecule has 3 aromatic carbocycles. The molecule has 44 heavy (non-hydrogen) atoms. The number of nitrogens with zero attached hydrogens (tertiary/aromatic N) is 2. The van der Waals surface area contributed by atoms with Crippen molar-refractivity contribution in [3.8, 4) is 6.07 Å². The molecule has 1 heterocycles. The molecule has 3 N–H and O–H groups in total. The average molecular weight is 639 g/mol. The van der Waals surface area contributed by atoms with Crippen molar-refractivity contribution in [3.05, 3.63) is 105 Å². The first-order valence-corrected chi connectivity index (χ1v) is 15.0. The van der Waals surface area contributed by atoms with Crippen LogP contribution in [0.15, 0.2) is 72.8 Å². The van der Waals surface area contributed by atoms with Gasteiger partial charge in [0.15, 0.2) is 0 Å². The van der Waals surface area contributed by atoms with E-state index in [0.717, 1.165) is 11.1 Å². The highest BCUT2D eigenvalue weighted by Crippen LogP contribution is 2.44. The molecule has 0 aliphatic carbocycles. The van der Waals surface area contributed by atoms with Gasteiger partial charge in [-0.2, -0.15) is 5.26 Å². The molecule has 0 spiro atoms. The summed E-state index contributed by atoms with van der Waals surface area (Å²) in [7, 11) is 0. The van der Waals surface area contributed by atoms with Crippen molar-refractivity contribution in [1.82, 2.24) is 10.2 Å². The molecule has 1 aliphatic heterocycles. The van der Waals surface area contributed by atoms with Gasteiger partial charge in [0.05, 0.1) is 30.2 Å². The molecule has 1 aliphatic rings. The van der Waals surface area contributed by atoms with Crippen LogP contribution in [0.2, 0.25) is 10.0 Å². The van der Waals surface area contributed by atoms with Crippen LogP contribution < -0.4 is 5.32 Å². The summed E-state index contributed by atoms with van der Waals surface area (Å²) in [6, 6.07) is 21.3. The summed E-state index contributed by atoms with van der Waals surface area (Å²) in [6.07, 6.45) is -2.47. The van der Waals surface area contributed by atoms with E-state index >= 15 is 0 Å². The second kappa shape index (κ2) is 15.2. The second-order valence-electron chi connectivity index (χ2n) is 10.7. The molecular weight excluding hydrogens is 605 g/mol. The Kier molecular flexibility index (Phi) is 11.4. The van der Waals surface area contributed by atoms with E-state index in [9.17, 15) is 24.8 Å². The summed E-state index contributed by atoms with van der Waals surface area (Å²) >= 11 is 12.4. The first kappa shape index (κ1) is 33.0. The molecule has 0 saturated carbocycles. The van der Waals surface area contributed by atoms with Crippen LogP contribution in [-0.4, -0.2) is 57.7 Å². The zero-order valence-corrected chi connectivity index (χ0v) is 25.5. The fourth-order valence-corrected chi connectivity index (χ4v) is 5.61. The number of carbonyl (C=O) groups is 3. The number of halogens is 2. The summed E-state index contributed by atoms with van der Waals surface area (Å²) in [5, 5.41) is 32.0. The molecule has 230 valence electrons. The first-order valence-electron chi connectivity index (χ1n) is 14.3. The van der Waals surface area contributed by atoms with Crippen LogP contribution in [0.4, 0.5) is 0 Å². The Hall–Kier alpha value is -3.94. The summed E-state index contributed by atoms with van der Waals surface area (Å²) in [4.78, 5) is 40.8. The molecule has 9 nitrogen and oxygen atoms in total. The van der Waals surface area contributed by atoms with E-state index in [1.807, 2.05) is 19.1 Å². The lowest BCUT2D eigenvalue weighted by Crippen LogP contribution is -2.59. The van der Waals surface area contributed by atoms with Gasteiger partial charge in [0.1, 0.15) is 18.2 Å². The number of aliphatic hydroxyl groups is 1. The van der Waals surface area contributed by atoms with Gasteiger partial charge in [-0.05, 0) is 59.5 Å². The Morgan fingerprint density at radius 1 is 1.00 bits per heavy atom. The van der Waals surface area contributed by atoms with Crippen LogP contribution in [0.5, 0.6) is 0 Å². The van der Waals surface area contributed by atoms with Crippen LogP contribution in [0.3, 0.4) is 0 Å². The Labute approximate surface area is 266 Å². The van der Waals surface area contributed by atoms with Crippen LogP contribution in [0, 0.1) is 11.3 Å². The summed E-state index contributed by atoms with van der Waals surface area (Å²) < 4.78 is 6.59. The number of carbonyl (C=O) groups excluding carboxylic acids is 2. The fraction of sp³-hybridized carbons (Fsp3) is 0.333. The summed E-state index contributed by atoms with van der Waals surface area (Å²) in [5.74, 6) is -2.11. The fourth-order valence-electron chi connectivity index (χ4n) is 5.36. The number of hydrogen-bond acceptors (Lipinski definition) is 6. The standard InChI is InChI=1S/C33H33Cl2N3O6/c1-2-3-27(32(42)37-19-26(39)17-29(40)41)38-30(22-8-12-24(34)13-9-22)31(23-10-14-25(35)15-11-23)44-28(33(38)43)16-20-4-6-21(18-36)7-5-20/h4-15,26-28,30-31,39H,2-3,16-17,19H2,1H3,(H,37,42)(H,40,41)/t26-,27-,28+,30-,31+/m1/s1.